The van der Waals surface area contributed by atoms with Gasteiger partial charge in [0, 0.05) is 18.0 Å². The molecule has 108 valence electrons. The standard InChI is InChI=1S/C13H14ClNO3S2/c1-15(10-4-3-5-11(8-10)18-2)20(16,17)13-7-6-12(9-14)19-13/h3-8H,9H2,1-2H3. The summed E-state index contributed by atoms with van der Waals surface area (Å²) in [7, 11) is -0.509. The molecule has 0 amide bonds. The lowest BCUT2D eigenvalue weighted by Gasteiger charge is -2.18. The summed E-state index contributed by atoms with van der Waals surface area (Å²) in [6, 6.07) is 10.2. The first-order valence-electron chi connectivity index (χ1n) is 5.76. The van der Waals surface area contributed by atoms with Crippen LogP contribution in [-0.4, -0.2) is 22.6 Å². The number of sulfonamides is 1. The monoisotopic (exact) mass is 331 g/mol. The van der Waals surface area contributed by atoms with Crippen LogP contribution in [0.5, 0.6) is 5.75 Å². The lowest BCUT2D eigenvalue weighted by atomic mass is 10.3. The molecule has 0 aliphatic carbocycles. The van der Waals surface area contributed by atoms with Crippen LogP contribution in [-0.2, 0) is 15.9 Å². The highest BCUT2D eigenvalue weighted by Crippen LogP contribution is 2.29. The quantitative estimate of drug-likeness (QED) is 0.790. The second-order valence-electron chi connectivity index (χ2n) is 4.03. The molecule has 0 aliphatic heterocycles. The van der Waals surface area contributed by atoms with Gasteiger partial charge >= 0.3 is 0 Å². The van der Waals surface area contributed by atoms with Crippen molar-refractivity contribution in [2.24, 2.45) is 0 Å². The molecule has 0 atom stereocenters. The average Bonchev–Trinajstić information content (AvgIpc) is 2.96. The molecule has 1 aromatic carbocycles. The van der Waals surface area contributed by atoms with E-state index >= 15 is 0 Å². The van der Waals surface area contributed by atoms with Crippen LogP contribution in [0.1, 0.15) is 4.88 Å². The zero-order valence-electron chi connectivity index (χ0n) is 11.0. The molecule has 0 unspecified atom stereocenters. The maximum absolute atomic E-state index is 12.5. The topological polar surface area (TPSA) is 46.6 Å². The van der Waals surface area contributed by atoms with Gasteiger partial charge in [0.1, 0.15) is 9.96 Å². The molecule has 2 aromatic rings. The predicted molar refractivity (Wildman–Crippen MR) is 82.5 cm³/mol. The van der Waals surface area contributed by atoms with E-state index in [-0.39, 0.29) is 4.21 Å². The van der Waals surface area contributed by atoms with Crippen molar-refractivity contribution in [2.45, 2.75) is 10.1 Å². The molecule has 0 radical (unpaired) electrons. The predicted octanol–water partition coefficient (Wildman–Crippen LogP) is 3.32. The molecule has 0 fully saturated rings. The van der Waals surface area contributed by atoms with E-state index in [4.69, 9.17) is 16.3 Å². The fourth-order valence-corrected chi connectivity index (χ4v) is 4.47. The van der Waals surface area contributed by atoms with Crippen LogP contribution in [0, 0.1) is 0 Å². The van der Waals surface area contributed by atoms with Crippen LogP contribution < -0.4 is 9.04 Å². The first-order valence-corrected chi connectivity index (χ1v) is 8.56. The Morgan fingerprint density at radius 2 is 2.05 bits per heavy atom. The van der Waals surface area contributed by atoms with Gasteiger partial charge in [0.25, 0.3) is 10.0 Å². The van der Waals surface area contributed by atoms with Crippen molar-refractivity contribution in [1.29, 1.82) is 0 Å². The summed E-state index contributed by atoms with van der Waals surface area (Å²) in [6.45, 7) is 0. The number of ether oxygens (including phenoxy) is 1. The summed E-state index contributed by atoms with van der Waals surface area (Å²) < 4.78 is 31.6. The summed E-state index contributed by atoms with van der Waals surface area (Å²) in [5, 5.41) is 0. The van der Waals surface area contributed by atoms with E-state index in [2.05, 4.69) is 0 Å². The molecule has 20 heavy (non-hydrogen) atoms. The van der Waals surface area contributed by atoms with E-state index in [1.165, 1.54) is 22.7 Å². The molecular weight excluding hydrogens is 318 g/mol. The van der Waals surface area contributed by atoms with Crippen LogP contribution in [0.3, 0.4) is 0 Å². The molecule has 1 aromatic heterocycles. The van der Waals surface area contributed by atoms with Gasteiger partial charge in [0.2, 0.25) is 0 Å². The van der Waals surface area contributed by atoms with Crippen LogP contribution >= 0.6 is 22.9 Å². The van der Waals surface area contributed by atoms with Crippen LogP contribution in [0.4, 0.5) is 5.69 Å². The summed E-state index contributed by atoms with van der Waals surface area (Å²) in [6.07, 6.45) is 0. The normalized spacial score (nSPS) is 11.3. The third kappa shape index (κ3) is 2.92. The van der Waals surface area contributed by atoms with E-state index in [9.17, 15) is 8.42 Å². The number of rotatable bonds is 5. The molecule has 0 saturated carbocycles. The van der Waals surface area contributed by atoms with Gasteiger partial charge in [-0.25, -0.2) is 8.42 Å². The Kier molecular flexibility index (Phi) is 4.57. The molecule has 0 N–H and O–H groups in total. The molecular formula is C13H14ClNO3S2. The zero-order chi connectivity index (χ0) is 14.8. The maximum Gasteiger partial charge on any atom is 0.273 e. The van der Waals surface area contributed by atoms with Gasteiger partial charge in [0.15, 0.2) is 0 Å². The molecule has 0 saturated heterocycles. The third-order valence-electron chi connectivity index (χ3n) is 2.80. The van der Waals surface area contributed by atoms with Gasteiger partial charge in [-0.15, -0.1) is 22.9 Å². The SMILES string of the molecule is COc1cccc(N(C)S(=O)(=O)c2ccc(CCl)s2)c1. The molecule has 0 spiro atoms. The van der Waals surface area contributed by atoms with Crippen molar-refractivity contribution in [3.63, 3.8) is 0 Å². The number of benzene rings is 1. The van der Waals surface area contributed by atoms with Gasteiger partial charge in [-0.1, -0.05) is 6.07 Å². The number of nitrogens with zero attached hydrogens (tertiary/aromatic N) is 1. The van der Waals surface area contributed by atoms with Crippen LogP contribution in [0.2, 0.25) is 0 Å². The van der Waals surface area contributed by atoms with Gasteiger partial charge in [0.05, 0.1) is 18.7 Å². The van der Waals surface area contributed by atoms with Crippen LogP contribution in [0.25, 0.3) is 0 Å². The van der Waals surface area contributed by atoms with Crippen molar-refractivity contribution >= 4 is 38.6 Å². The van der Waals surface area contributed by atoms with Crippen LogP contribution in [0.15, 0.2) is 40.6 Å². The first-order chi connectivity index (χ1) is 9.48. The van der Waals surface area contributed by atoms with E-state index in [1.807, 2.05) is 0 Å². The highest BCUT2D eigenvalue weighted by atomic mass is 35.5. The van der Waals surface area contributed by atoms with E-state index in [1.54, 1.807) is 43.5 Å². The fraction of sp³-hybridized carbons (Fsp3) is 0.231. The number of hydrogen-bond donors (Lipinski definition) is 0. The second-order valence-corrected chi connectivity index (χ2v) is 7.66. The number of thiophene rings is 1. The van der Waals surface area contributed by atoms with Gasteiger partial charge < -0.3 is 4.74 Å². The summed E-state index contributed by atoms with van der Waals surface area (Å²) >= 11 is 6.89. The Balaban J connectivity index is 2.37. The summed E-state index contributed by atoms with van der Waals surface area (Å²) in [4.78, 5) is 0.823. The Morgan fingerprint density at radius 1 is 1.30 bits per heavy atom. The first kappa shape index (κ1) is 15.2. The van der Waals surface area contributed by atoms with E-state index in [0.717, 1.165) is 4.88 Å². The van der Waals surface area contributed by atoms with Crippen molar-refractivity contribution in [1.82, 2.24) is 0 Å². The van der Waals surface area contributed by atoms with E-state index in [0.29, 0.717) is 17.3 Å². The van der Waals surface area contributed by atoms with E-state index < -0.39 is 10.0 Å². The average molecular weight is 332 g/mol. The number of hydrogen-bond acceptors (Lipinski definition) is 4. The molecule has 4 nitrogen and oxygen atoms in total. The second kappa shape index (κ2) is 6.03. The zero-order valence-corrected chi connectivity index (χ0v) is 13.4. The number of halogens is 1. The Hall–Kier alpha value is -1.24. The summed E-state index contributed by atoms with van der Waals surface area (Å²) in [5.41, 5.74) is 0.546. The Labute approximate surface area is 127 Å². The minimum absolute atomic E-state index is 0.276. The minimum atomic E-state index is -3.57. The minimum Gasteiger partial charge on any atom is -0.497 e. The van der Waals surface area contributed by atoms with Crippen molar-refractivity contribution in [3.8, 4) is 5.75 Å². The van der Waals surface area contributed by atoms with Gasteiger partial charge in [-0.05, 0) is 24.3 Å². The fourth-order valence-electron chi connectivity index (χ4n) is 1.65. The molecule has 1 heterocycles. The number of alkyl halides is 1. The lowest BCUT2D eigenvalue weighted by molar-refractivity contribution is 0.415. The van der Waals surface area contributed by atoms with Gasteiger partial charge in [-0.3, -0.25) is 4.31 Å². The van der Waals surface area contributed by atoms with Gasteiger partial charge in [-0.2, -0.15) is 0 Å². The molecule has 0 aliphatic rings. The lowest BCUT2D eigenvalue weighted by Crippen LogP contribution is -2.25. The third-order valence-corrected chi connectivity index (χ3v) is 6.58. The smallest absolute Gasteiger partial charge is 0.273 e. The number of anilines is 1. The molecule has 7 heteroatoms. The highest BCUT2D eigenvalue weighted by molar-refractivity contribution is 7.94. The maximum atomic E-state index is 12.5. The van der Waals surface area contributed by atoms with Crippen molar-refractivity contribution in [2.75, 3.05) is 18.5 Å². The van der Waals surface area contributed by atoms with Crippen molar-refractivity contribution < 1.29 is 13.2 Å². The molecule has 2 rings (SSSR count). The number of methoxy groups -OCH3 is 1. The Morgan fingerprint density at radius 3 is 2.65 bits per heavy atom. The highest BCUT2D eigenvalue weighted by Gasteiger charge is 2.23. The van der Waals surface area contributed by atoms with Crippen molar-refractivity contribution in [3.05, 3.63) is 41.3 Å². The largest absolute Gasteiger partial charge is 0.497 e. The molecule has 0 bridgehead atoms. The Bertz CT molecular complexity index is 697. The summed E-state index contributed by atoms with van der Waals surface area (Å²) in [5.74, 6) is 0.917.